The van der Waals surface area contributed by atoms with Crippen LogP contribution in [0.15, 0.2) is 52.9 Å². The molecule has 3 rings (SSSR count). The summed E-state index contributed by atoms with van der Waals surface area (Å²) in [5, 5.41) is 15.4. The van der Waals surface area contributed by atoms with Gasteiger partial charge in [-0.2, -0.15) is 0 Å². The Kier molecular flexibility index (Phi) is 6.76. The number of benzene rings is 2. The second kappa shape index (κ2) is 9.28. The summed E-state index contributed by atoms with van der Waals surface area (Å²) in [5.74, 6) is 1.07. The molecule has 6 nitrogen and oxygen atoms in total. The van der Waals surface area contributed by atoms with E-state index in [1.54, 1.807) is 36.4 Å². The molecule has 150 valence electrons. The Morgan fingerprint density at radius 3 is 2.62 bits per heavy atom. The zero-order valence-electron chi connectivity index (χ0n) is 15.2. The molecule has 1 amide bonds. The molecule has 0 saturated carbocycles. The van der Waals surface area contributed by atoms with Gasteiger partial charge in [-0.15, -0.1) is 0 Å². The SMILES string of the molecule is COc1ccc(-c2ccc(CO)o2)cc1NC(=S)NC(=O)c1ccc(Cl)cc1Cl. The molecule has 0 bridgehead atoms. The minimum Gasteiger partial charge on any atom is -0.495 e. The third kappa shape index (κ3) is 5.07. The summed E-state index contributed by atoms with van der Waals surface area (Å²) in [6.07, 6.45) is 0. The quantitative estimate of drug-likeness (QED) is 0.480. The molecule has 0 aliphatic carbocycles. The minimum atomic E-state index is -0.474. The maximum Gasteiger partial charge on any atom is 0.258 e. The van der Waals surface area contributed by atoms with Crippen LogP contribution in [0.2, 0.25) is 10.0 Å². The fourth-order valence-electron chi connectivity index (χ4n) is 2.57. The van der Waals surface area contributed by atoms with Gasteiger partial charge >= 0.3 is 0 Å². The van der Waals surface area contributed by atoms with Crippen LogP contribution in [-0.2, 0) is 6.61 Å². The van der Waals surface area contributed by atoms with Gasteiger partial charge in [-0.25, -0.2) is 0 Å². The first kappa shape index (κ1) is 21.1. The van der Waals surface area contributed by atoms with Gasteiger partial charge in [0, 0.05) is 10.6 Å². The number of anilines is 1. The lowest BCUT2D eigenvalue weighted by Crippen LogP contribution is -2.34. The summed E-state index contributed by atoms with van der Waals surface area (Å²) >= 11 is 17.2. The lowest BCUT2D eigenvalue weighted by atomic mass is 10.1. The van der Waals surface area contributed by atoms with Crippen molar-refractivity contribution in [3.63, 3.8) is 0 Å². The number of amides is 1. The number of carbonyl (C=O) groups excluding carboxylic acids is 1. The maximum atomic E-state index is 12.4. The Balaban J connectivity index is 1.78. The highest BCUT2D eigenvalue weighted by Gasteiger charge is 2.14. The highest BCUT2D eigenvalue weighted by Crippen LogP contribution is 2.31. The molecule has 9 heteroatoms. The molecule has 0 spiro atoms. The number of halogens is 2. The van der Waals surface area contributed by atoms with Crippen molar-refractivity contribution in [3.05, 3.63) is 69.9 Å². The number of hydrogen-bond donors (Lipinski definition) is 3. The first-order chi connectivity index (χ1) is 13.9. The van der Waals surface area contributed by atoms with Crippen LogP contribution in [-0.4, -0.2) is 23.2 Å². The van der Waals surface area contributed by atoms with Gasteiger partial charge in [-0.05, 0) is 60.7 Å². The van der Waals surface area contributed by atoms with Crippen LogP contribution >= 0.6 is 35.4 Å². The van der Waals surface area contributed by atoms with Crippen LogP contribution in [0.4, 0.5) is 5.69 Å². The first-order valence-electron chi connectivity index (χ1n) is 8.36. The van der Waals surface area contributed by atoms with Gasteiger partial charge in [-0.3, -0.25) is 10.1 Å². The maximum absolute atomic E-state index is 12.4. The van der Waals surface area contributed by atoms with E-state index in [-0.39, 0.29) is 22.3 Å². The third-order valence-electron chi connectivity index (χ3n) is 3.95. The summed E-state index contributed by atoms with van der Waals surface area (Å²) in [4.78, 5) is 12.4. The number of nitrogens with one attached hydrogen (secondary N) is 2. The van der Waals surface area contributed by atoms with E-state index in [0.29, 0.717) is 28.0 Å². The number of hydrogen-bond acceptors (Lipinski definition) is 5. The molecule has 2 aromatic carbocycles. The Hall–Kier alpha value is -2.58. The number of carbonyl (C=O) groups is 1. The molecule has 0 fully saturated rings. The zero-order chi connectivity index (χ0) is 21.0. The van der Waals surface area contributed by atoms with Gasteiger partial charge < -0.3 is 19.6 Å². The van der Waals surface area contributed by atoms with Gasteiger partial charge in [0.2, 0.25) is 0 Å². The molecule has 3 N–H and O–H groups in total. The van der Waals surface area contributed by atoms with Crippen molar-refractivity contribution >= 4 is 52.1 Å². The molecule has 1 heterocycles. The van der Waals surface area contributed by atoms with E-state index in [2.05, 4.69) is 10.6 Å². The lowest BCUT2D eigenvalue weighted by Gasteiger charge is -2.14. The normalized spacial score (nSPS) is 10.5. The first-order valence-corrected chi connectivity index (χ1v) is 9.53. The molecule has 0 radical (unpaired) electrons. The lowest BCUT2D eigenvalue weighted by molar-refractivity contribution is 0.0978. The standard InChI is InChI=1S/C20H16Cl2N2O4S/c1-27-18-6-2-11(17-7-4-13(10-25)28-17)8-16(18)23-20(29)24-19(26)14-5-3-12(21)9-15(14)22/h2-9,25H,10H2,1H3,(H2,23,24,26,29). The Morgan fingerprint density at radius 1 is 1.17 bits per heavy atom. The van der Waals surface area contributed by atoms with E-state index >= 15 is 0 Å². The van der Waals surface area contributed by atoms with Crippen LogP contribution in [0.5, 0.6) is 5.75 Å². The molecule has 0 unspecified atom stereocenters. The monoisotopic (exact) mass is 450 g/mol. The average Bonchev–Trinajstić information content (AvgIpc) is 3.17. The van der Waals surface area contributed by atoms with Crippen LogP contribution in [0, 0.1) is 0 Å². The van der Waals surface area contributed by atoms with Gasteiger partial charge in [0.1, 0.15) is 23.9 Å². The summed E-state index contributed by atoms with van der Waals surface area (Å²) in [6.45, 7) is -0.190. The Bertz CT molecular complexity index is 1070. The van der Waals surface area contributed by atoms with Crippen molar-refractivity contribution in [1.29, 1.82) is 0 Å². The van der Waals surface area contributed by atoms with Crippen molar-refractivity contribution in [2.45, 2.75) is 6.61 Å². The van der Waals surface area contributed by atoms with E-state index in [4.69, 9.17) is 49.7 Å². The molecule has 29 heavy (non-hydrogen) atoms. The summed E-state index contributed by atoms with van der Waals surface area (Å²) < 4.78 is 10.9. The van der Waals surface area contributed by atoms with E-state index in [1.807, 2.05) is 0 Å². The average molecular weight is 451 g/mol. The smallest absolute Gasteiger partial charge is 0.258 e. The number of aliphatic hydroxyl groups is 1. The highest BCUT2D eigenvalue weighted by atomic mass is 35.5. The Morgan fingerprint density at radius 2 is 1.97 bits per heavy atom. The molecule has 3 aromatic rings. The van der Waals surface area contributed by atoms with Gasteiger partial charge in [0.25, 0.3) is 5.91 Å². The van der Waals surface area contributed by atoms with E-state index in [0.717, 1.165) is 5.56 Å². The zero-order valence-corrected chi connectivity index (χ0v) is 17.5. The number of thiocarbonyl (C=S) groups is 1. The van der Waals surface area contributed by atoms with E-state index in [9.17, 15) is 4.79 Å². The van der Waals surface area contributed by atoms with Gasteiger partial charge in [0.15, 0.2) is 5.11 Å². The second-order valence-electron chi connectivity index (χ2n) is 5.87. The summed E-state index contributed by atoms with van der Waals surface area (Å²) in [5.41, 5.74) is 1.51. The predicted octanol–water partition coefficient (Wildman–Crippen LogP) is 4.88. The van der Waals surface area contributed by atoms with Gasteiger partial charge in [0.05, 0.1) is 23.4 Å². The molecule has 1 aromatic heterocycles. The number of ether oxygens (including phenoxy) is 1. The van der Waals surface area contributed by atoms with Crippen LogP contribution < -0.4 is 15.4 Å². The largest absolute Gasteiger partial charge is 0.495 e. The number of methoxy groups -OCH3 is 1. The molecule has 0 aliphatic rings. The summed E-state index contributed by atoms with van der Waals surface area (Å²) in [6, 6.07) is 13.3. The summed E-state index contributed by atoms with van der Waals surface area (Å²) in [7, 11) is 1.52. The molecule has 0 atom stereocenters. The predicted molar refractivity (Wildman–Crippen MR) is 117 cm³/mol. The van der Waals surface area contributed by atoms with Crippen LogP contribution in [0.1, 0.15) is 16.1 Å². The molecule has 0 aliphatic heterocycles. The van der Waals surface area contributed by atoms with Crippen molar-refractivity contribution < 1.29 is 19.1 Å². The number of aliphatic hydroxyl groups excluding tert-OH is 1. The second-order valence-corrected chi connectivity index (χ2v) is 7.12. The number of furan rings is 1. The van der Waals surface area contributed by atoms with Crippen molar-refractivity contribution in [1.82, 2.24) is 5.32 Å². The molecular weight excluding hydrogens is 435 g/mol. The molecule has 0 saturated heterocycles. The number of rotatable bonds is 5. The fourth-order valence-corrected chi connectivity index (χ4v) is 3.27. The van der Waals surface area contributed by atoms with Crippen molar-refractivity contribution in [3.8, 4) is 17.1 Å². The minimum absolute atomic E-state index is 0.0620. The van der Waals surface area contributed by atoms with Crippen molar-refractivity contribution in [2.24, 2.45) is 0 Å². The van der Waals surface area contributed by atoms with Gasteiger partial charge in [-0.1, -0.05) is 23.2 Å². The molecular formula is C20H16Cl2N2O4S. The van der Waals surface area contributed by atoms with Crippen molar-refractivity contribution in [2.75, 3.05) is 12.4 Å². The third-order valence-corrected chi connectivity index (χ3v) is 4.70. The van der Waals surface area contributed by atoms with Crippen LogP contribution in [0.25, 0.3) is 11.3 Å². The van der Waals surface area contributed by atoms with E-state index in [1.165, 1.54) is 19.2 Å². The topological polar surface area (TPSA) is 83.7 Å². The Labute approximate surface area is 182 Å². The van der Waals surface area contributed by atoms with E-state index < -0.39 is 5.91 Å². The van der Waals surface area contributed by atoms with Crippen LogP contribution in [0.3, 0.4) is 0 Å². The fraction of sp³-hybridized carbons (Fsp3) is 0.100. The highest BCUT2D eigenvalue weighted by molar-refractivity contribution is 7.80.